The van der Waals surface area contributed by atoms with Gasteiger partial charge in [-0.25, -0.2) is 0 Å². The Kier molecular flexibility index (Phi) is 4.99. The van der Waals surface area contributed by atoms with Gasteiger partial charge in [-0.15, -0.1) is 0 Å². The summed E-state index contributed by atoms with van der Waals surface area (Å²) in [5.74, 6) is 1.53. The number of pyridine rings is 1. The van der Waals surface area contributed by atoms with Crippen molar-refractivity contribution in [1.82, 2.24) is 10.3 Å². The van der Waals surface area contributed by atoms with Crippen molar-refractivity contribution < 1.29 is 0 Å². The third-order valence-corrected chi connectivity index (χ3v) is 3.85. The highest BCUT2D eigenvalue weighted by Gasteiger charge is 2.25. The number of rotatable bonds is 5. The highest BCUT2D eigenvalue weighted by molar-refractivity contribution is 5.16. The van der Waals surface area contributed by atoms with Crippen LogP contribution in [0.1, 0.15) is 50.5 Å². The molecule has 0 aliphatic heterocycles. The first-order valence-electron chi connectivity index (χ1n) is 7.02. The molecule has 1 aromatic heterocycles. The largest absolute Gasteiger partial charge is 0.316 e. The molecule has 17 heavy (non-hydrogen) atoms. The predicted octanol–water partition coefficient (Wildman–Crippen LogP) is 3.36. The van der Waals surface area contributed by atoms with Gasteiger partial charge in [0.15, 0.2) is 0 Å². The zero-order valence-corrected chi connectivity index (χ0v) is 10.9. The average Bonchev–Trinajstić information content (AvgIpc) is 2.41. The lowest BCUT2D eigenvalue weighted by Gasteiger charge is -2.32. The first kappa shape index (κ1) is 12.6. The van der Waals surface area contributed by atoms with Crippen LogP contribution >= 0.6 is 0 Å². The molecule has 0 spiro atoms. The van der Waals surface area contributed by atoms with Crippen molar-refractivity contribution in [2.45, 2.75) is 44.9 Å². The lowest BCUT2D eigenvalue weighted by Crippen LogP contribution is -2.30. The van der Waals surface area contributed by atoms with Gasteiger partial charge >= 0.3 is 0 Å². The van der Waals surface area contributed by atoms with Gasteiger partial charge in [0.2, 0.25) is 0 Å². The summed E-state index contributed by atoms with van der Waals surface area (Å²) in [6.45, 7) is 4.55. The first-order chi connectivity index (χ1) is 8.42. The number of hydrogen-bond acceptors (Lipinski definition) is 2. The minimum atomic E-state index is 0.724. The Hall–Kier alpha value is -0.890. The topological polar surface area (TPSA) is 24.9 Å². The number of nitrogens with one attached hydrogen (secondary N) is 1. The molecular weight excluding hydrogens is 208 g/mol. The van der Waals surface area contributed by atoms with E-state index in [1.165, 1.54) is 44.2 Å². The van der Waals surface area contributed by atoms with Crippen LogP contribution in [0.25, 0.3) is 0 Å². The molecule has 2 rings (SSSR count). The summed E-state index contributed by atoms with van der Waals surface area (Å²) < 4.78 is 0. The normalized spacial score (nSPS) is 24.8. The predicted molar refractivity (Wildman–Crippen MR) is 72.1 cm³/mol. The van der Waals surface area contributed by atoms with E-state index in [-0.39, 0.29) is 0 Å². The van der Waals surface area contributed by atoms with Crippen LogP contribution in [0.15, 0.2) is 24.5 Å². The maximum absolute atomic E-state index is 4.27. The molecule has 1 N–H and O–H groups in total. The van der Waals surface area contributed by atoms with Gasteiger partial charge in [0.05, 0.1) is 0 Å². The maximum atomic E-state index is 4.27. The zero-order chi connectivity index (χ0) is 11.9. The molecule has 0 bridgehead atoms. The molecule has 1 fully saturated rings. The molecule has 2 unspecified atom stereocenters. The van der Waals surface area contributed by atoms with Gasteiger partial charge in [-0.2, -0.15) is 0 Å². The second-order valence-electron chi connectivity index (χ2n) is 5.14. The number of nitrogens with zero attached hydrogens (tertiary/aromatic N) is 1. The van der Waals surface area contributed by atoms with Crippen molar-refractivity contribution >= 4 is 0 Å². The molecule has 0 saturated heterocycles. The smallest absolute Gasteiger partial charge is 0.0302 e. The van der Waals surface area contributed by atoms with Crippen molar-refractivity contribution in [2.75, 3.05) is 13.1 Å². The van der Waals surface area contributed by atoms with Gasteiger partial charge in [-0.3, -0.25) is 4.98 Å². The third kappa shape index (κ3) is 3.53. The van der Waals surface area contributed by atoms with Crippen LogP contribution < -0.4 is 5.32 Å². The summed E-state index contributed by atoms with van der Waals surface area (Å²) in [5, 5.41) is 3.58. The van der Waals surface area contributed by atoms with Gasteiger partial charge < -0.3 is 5.32 Å². The molecule has 1 aromatic rings. The fourth-order valence-electron chi connectivity index (χ4n) is 2.95. The Bertz CT molecular complexity index is 310. The molecule has 0 radical (unpaired) electrons. The summed E-state index contributed by atoms with van der Waals surface area (Å²) in [7, 11) is 0. The minimum absolute atomic E-state index is 0.724. The van der Waals surface area contributed by atoms with Crippen LogP contribution in [0.2, 0.25) is 0 Å². The fraction of sp³-hybridized carbons (Fsp3) is 0.667. The Morgan fingerprint density at radius 2 is 2.24 bits per heavy atom. The van der Waals surface area contributed by atoms with Gasteiger partial charge in [-0.05, 0) is 55.8 Å². The molecule has 2 heteroatoms. The number of hydrogen-bond donors (Lipinski definition) is 1. The summed E-state index contributed by atoms with van der Waals surface area (Å²) in [6, 6.07) is 4.32. The van der Waals surface area contributed by atoms with E-state index < -0.39 is 0 Å². The van der Waals surface area contributed by atoms with Crippen LogP contribution in [0.4, 0.5) is 0 Å². The molecule has 2 nitrogen and oxygen atoms in total. The highest BCUT2D eigenvalue weighted by Crippen LogP contribution is 2.36. The van der Waals surface area contributed by atoms with E-state index in [1.54, 1.807) is 0 Å². The minimum Gasteiger partial charge on any atom is -0.316 e. The molecule has 0 amide bonds. The summed E-state index contributed by atoms with van der Waals surface area (Å²) >= 11 is 0. The molecule has 1 saturated carbocycles. The van der Waals surface area contributed by atoms with E-state index in [4.69, 9.17) is 0 Å². The average molecular weight is 232 g/mol. The van der Waals surface area contributed by atoms with E-state index in [0.29, 0.717) is 0 Å². The van der Waals surface area contributed by atoms with E-state index >= 15 is 0 Å². The Labute approximate surface area is 105 Å². The van der Waals surface area contributed by atoms with Crippen molar-refractivity contribution in [2.24, 2.45) is 5.92 Å². The van der Waals surface area contributed by atoms with Crippen LogP contribution in [0, 0.1) is 5.92 Å². The molecule has 2 atom stereocenters. The third-order valence-electron chi connectivity index (χ3n) is 3.85. The second-order valence-corrected chi connectivity index (χ2v) is 5.14. The lowest BCUT2D eigenvalue weighted by molar-refractivity contribution is 0.295. The zero-order valence-electron chi connectivity index (χ0n) is 10.9. The Balaban J connectivity index is 1.97. The van der Waals surface area contributed by atoms with Gasteiger partial charge in [0.1, 0.15) is 0 Å². The van der Waals surface area contributed by atoms with Gasteiger partial charge in [0.25, 0.3) is 0 Å². The van der Waals surface area contributed by atoms with E-state index in [1.807, 2.05) is 6.20 Å². The quantitative estimate of drug-likeness (QED) is 0.787. The number of aromatic nitrogens is 1. The summed E-state index contributed by atoms with van der Waals surface area (Å²) in [5.41, 5.74) is 1.44. The molecule has 1 aliphatic rings. The van der Waals surface area contributed by atoms with Crippen LogP contribution in [0.5, 0.6) is 0 Å². The fourth-order valence-corrected chi connectivity index (χ4v) is 2.95. The molecule has 1 aliphatic carbocycles. The molecule has 0 aromatic carbocycles. The lowest BCUT2D eigenvalue weighted by atomic mass is 9.76. The summed E-state index contributed by atoms with van der Waals surface area (Å²) in [6.07, 6.45) is 10.6. The molecule has 94 valence electrons. The van der Waals surface area contributed by atoms with Crippen molar-refractivity contribution in [3.63, 3.8) is 0 Å². The molecular formula is C15H24N2. The van der Waals surface area contributed by atoms with Crippen LogP contribution in [-0.4, -0.2) is 18.1 Å². The van der Waals surface area contributed by atoms with Crippen LogP contribution in [0.3, 0.4) is 0 Å². The van der Waals surface area contributed by atoms with E-state index in [0.717, 1.165) is 18.4 Å². The van der Waals surface area contributed by atoms with E-state index in [2.05, 4.69) is 35.6 Å². The maximum Gasteiger partial charge on any atom is 0.0302 e. The standard InChI is InChI=1S/C15H24N2/c1-2-9-16-11-13-6-3-4-8-15(13)14-7-5-10-17-12-14/h5,7,10,12-13,15-16H,2-4,6,8-9,11H2,1H3. The second kappa shape index (κ2) is 6.75. The summed E-state index contributed by atoms with van der Waals surface area (Å²) in [4.78, 5) is 4.27. The van der Waals surface area contributed by atoms with E-state index in [9.17, 15) is 0 Å². The van der Waals surface area contributed by atoms with Crippen LogP contribution in [-0.2, 0) is 0 Å². The molecule has 1 heterocycles. The highest BCUT2D eigenvalue weighted by atomic mass is 14.9. The van der Waals surface area contributed by atoms with Crippen molar-refractivity contribution in [3.8, 4) is 0 Å². The van der Waals surface area contributed by atoms with Crippen molar-refractivity contribution in [3.05, 3.63) is 30.1 Å². The van der Waals surface area contributed by atoms with Gasteiger partial charge in [-0.1, -0.05) is 25.8 Å². The van der Waals surface area contributed by atoms with Crippen molar-refractivity contribution in [1.29, 1.82) is 0 Å². The Morgan fingerprint density at radius 3 is 3.00 bits per heavy atom. The van der Waals surface area contributed by atoms with Gasteiger partial charge in [0, 0.05) is 12.4 Å². The Morgan fingerprint density at radius 1 is 1.35 bits per heavy atom. The first-order valence-corrected chi connectivity index (χ1v) is 7.02. The SMILES string of the molecule is CCCNCC1CCCCC1c1cccnc1. The monoisotopic (exact) mass is 232 g/mol.